The van der Waals surface area contributed by atoms with E-state index >= 15 is 0 Å². The summed E-state index contributed by atoms with van der Waals surface area (Å²) in [6, 6.07) is 0. The fraction of sp³-hybridized carbons (Fsp3) is 1.00. The summed E-state index contributed by atoms with van der Waals surface area (Å²) in [5.41, 5.74) is 0. The average Bonchev–Trinajstić information content (AvgIpc) is 2.87. The highest BCUT2D eigenvalue weighted by Crippen LogP contribution is 2.61. The molecule has 0 rings (SSSR count). The van der Waals surface area contributed by atoms with Gasteiger partial charge in [0.1, 0.15) is 0 Å². The molecule has 0 saturated heterocycles. The molecular weight excluding hydrogens is 486 g/mol. The van der Waals surface area contributed by atoms with Crippen molar-refractivity contribution in [2.24, 2.45) is 0 Å². The fourth-order valence-corrected chi connectivity index (χ4v) is 10.4. The molecule has 0 atom stereocenters. The molecule has 0 N–H and O–H groups in total. The van der Waals surface area contributed by atoms with Crippen molar-refractivity contribution in [2.45, 2.75) is 157 Å². The van der Waals surface area contributed by atoms with Crippen LogP contribution in [0.25, 0.3) is 0 Å². The summed E-state index contributed by atoms with van der Waals surface area (Å²) in [7, 11) is -4.63. The summed E-state index contributed by atoms with van der Waals surface area (Å²) in [5, 5.41) is 0. The van der Waals surface area contributed by atoms with Gasteiger partial charge in [-0.2, -0.15) is 0 Å². The number of unbranched alkanes of at least 4 members (excludes halogenated alkanes) is 12. The van der Waals surface area contributed by atoms with Crippen LogP contribution in [0.3, 0.4) is 0 Å². The Kier molecular flexibility index (Phi) is 30.7. The van der Waals surface area contributed by atoms with Crippen LogP contribution >= 0.6 is 15.1 Å². The highest BCUT2D eigenvalue weighted by atomic mass is 31.2. The minimum Gasteiger partial charge on any atom is -0.756 e. The van der Waals surface area contributed by atoms with E-state index in [1.54, 1.807) is 24.6 Å². The molecule has 36 heavy (non-hydrogen) atoms. The third-order valence-electron chi connectivity index (χ3n) is 6.85. The predicted octanol–water partition coefficient (Wildman–Crippen LogP) is 10.6. The van der Waals surface area contributed by atoms with Crippen molar-refractivity contribution in [3.8, 4) is 0 Å². The van der Waals surface area contributed by atoms with Gasteiger partial charge in [0.15, 0.2) is 0 Å². The van der Waals surface area contributed by atoms with Crippen LogP contribution in [0.5, 0.6) is 0 Å². The van der Waals surface area contributed by atoms with E-state index in [4.69, 9.17) is 0 Å². The predicted molar refractivity (Wildman–Crippen MR) is 163 cm³/mol. The van der Waals surface area contributed by atoms with Crippen LogP contribution in [-0.2, 0) is 13.6 Å². The van der Waals surface area contributed by atoms with E-state index in [1.807, 2.05) is 13.8 Å². The molecule has 0 aromatic rings. The van der Waals surface area contributed by atoms with Gasteiger partial charge in [-0.15, -0.1) is 0 Å². The first kappa shape index (κ1) is 38.7. The molecule has 220 valence electrons. The van der Waals surface area contributed by atoms with Gasteiger partial charge >= 0.3 is 0 Å². The third-order valence-corrected chi connectivity index (χ3v) is 12.9. The minimum absolute atomic E-state index is 0.199. The summed E-state index contributed by atoms with van der Waals surface area (Å²) in [5.74, 6) is 0. The third kappa shape index (κ3) is 26.2. The van der Waals surface area contributed by atoms with Gasteiger partial charge in [-0.3, -0.25) is 4.57 Å². The van der Waals surface area contributed by atoms with Gasteiger partial charge in [0.05, 0.1) is 37.9 Å². The first-order chi connectivity index (χ1) is 17.4. The second-order valence-corrected chi connectivity index (χ2v) is 16.5. The Labute approximate surface area is 228 Å². The Morgan fingerprint density at radius 2 is 0.750 bits per heavy atom. The molecule has 0 aliphatic rings. The maximum absolute atomic E-state index is 10.7. The molecule has 0 aliphatic heterocycles. The van der Waals surface area contributed by atoms with E-state index in [0.717, 1.165) is 0 Å². The molecule has 0 amide bonds. The average molecular weight is 553 g/mol. The lowest BCUT2D eigenvalue weighted by Crippen LogP contribution is -2.13. The van der Waals surface area contributed by atoms with E-state index in [0.29, 0.717) is 12.8 Å². The van der Waals surface area contributed by atoms with Crippen LogP contribution in [0, 0.1) is 0 Å². The molecule has 6 heteroatoms. The van der Waals surface area contributed by atoms with E-state index in [9.17, 15) is 9.46 Å². The summed E-state index contributed by atoms with van der Waals surface area (Å²) in [6.07, 6.45) is 31.4. The Hall–Kier alpha value is 0.540. The van der Waals surface area contributed by atoms with Crippen molar-refractivity contribution >= 4 is 15.1 Å². The maximum Gasteiger partial charge on any atom is 0.267 e. The van der Waals surface area contributed by atoms with Gasteiger partial charge < -0.3 is 13.9 Å². The lowest BCUT2D eigenvalue weighted by molar-refractivity contribution is -0.225. The first-order valence-electron chi connectivity index (χ1n) is 15.8. The number of rotatable bonds is 26. The second kappa shape index (κ2) is 28.5. The molecule has 4 nitrogen and oxygen atoms in total. The molecular formula is C30H66O4P2. The molecule has 0 aromatic carbocycles. The van der Waals surface area contributed by atoms with Gasteiger partial charge in [0.2, 0.25) is 0 Å². The van der Waals surface area contributed by atoms with Gasteiger partial charge in [0.25, 0.3) is 7.82 Å². The van der Waals surface area contributed by atoms with Crippen molar-refractivity contribution in [2.75, 3.05) is 37.9 Å². The standard InChI is InChI=1S/C24H52P.C6H15O4P/c1-5-9-13-17-21-25(22-18-14-10-6-2,23-19-15-11-7-3)24-20-16-12-8-4;1-3-5-9-11(7,8)10-6-4-2/h5-24H2,1-4H3;3-6H2,1-2H3,(H,7,8)/q+1;/p-1. The zero-order chi connectivity index (χ0) is 27.4. The van der Waals surface area contributed by atoms with Crippen LogP contribution in [0.4, 0.5) is 0 Å². The number of phosphoric ester groups is 1. The number of hydrogen-bond donors (Lipinski definition) is 0. The van der Waals surface area contributed by atoms with Crippen molar-refractivity contribution in [1.29, 1.82) is 0 Å². The summed E-state index contributed by atoms with van der Waals surface area (Å²) >= 11 is 0. The maximum atomic E-state index is 10.7. The molecule has 0 aromatic heterocycles. The summed E-state index contributed by atoms with van der Waals surface area (Å²) in [4.78, 5) is 10.7. The van der Waals surface area contributed by atoms with E-state index < -0.39 is 15.1 Å². The highest BCUT2D eigenvalue weighted by molar-refractivity contribution is 7.75. The minimum atomic E-state index is -3.98. The Morgan fingerprint density at radius 1 is 0.472 bits per heavy atom. The number of phosphoric acid groups is 1. The Bertz CT molecular complexity index is 408. The molecule has 0 heterocycles. The lowest BCUT2D eigenvalue weighted by atomic mass is 10.2. The van der Waals surface area contributed by atoms with Crippen LogP contribution < -0.4 is 4.89 Å². The van der Waals surface area contributed by atoms with E-state index in [1.165, 1.54) is 103 Å². The molecule has 0 aliphatic carbocycles. The molecule has 0 bridgehead atoms. The zero-order valence-corrected chi connectivity index (χ0v) is 27.3. The van der Waals surface area contributed by atoms with Crippen molar-refractivity contribution in [1.82, 2.24) is 0 Å². The van der Waals surface area contributed by atoms with Crippen molar-refractivity contribution < 1.29 is 18.5 Å². The number of hydrogen-bond acceptors (Lipinski definition) is 4. The largest absolute Gasteiger partial charge is 0.756 e. The first-order valence-corrected chi connectivity index (χ1v) is 19.8. The lowest BCUT2D eigenvalue weighted by Gasteiger charge is -2.28. The van der Waals surface area contributed by atoms with Gasteiger partial charge in [-0.25, -0.2) is 0 Å². The summed E-state index contributed by atoms with van der Waals surface area (Å²) in [6.45, 7) is 13.5. The molecule has 0 fully saturated rings. The molecule has 0 saturated carbocycles. The Morgan fingerprint density at radius 3 is 0.972 bits per heavy atom. The van der Waals surface area contributed by atoms with Crippen LogP contribution in [0.2, 0.25) is 0 Å². The van der Waals surface area contributed by atoms with Gasteiger partial charge in [-0.05, 0) is 64.2 Å². The van der Waals surface area contributed by atoms with E-state index in [-0.39, 0.29) is 13.2 Å². The molecule has 0 radical (unpaired) electrons. The SMILES string of the molecule is CCCCCC[P+](CCCCCC)(CCCCCC)CCCCCC.CCCOP(=O)([O-])OCCC. The monoisotopic (exact) mass is 552 g/mol. The Balaban J connectivity index is 0. The van der Waals surface area contributed by atoms with Crippen LogP contribution in [0.1, 0.15) is 157 Å². The fourth-order valence-electron chi connectivity index (χ4n) is 4.61. The highest BCUT2D eigenvalue weighted by Gasteiger charge is 2.34. The van der Waals surface area contributed by atoms with Gasteiger partial charge in [-0.1, -0.05) is 92.9 Å². The topological polar surface area (TPSA) is 58.6 Å². The van der Waals surface area contributed by atoms with Crippen LogP contribution in [-0.4, -0.2) is 37.9 Å². The van der Waals surface area contributed by atoms with Crippen LogP contribution in [0.15, 0.2) is 0 Å². The van der Waals surface area contributed by atoms with Gasteiger partial charge in [0, 0.05) is 7.26 Å². The smallest absolute Gasteiger partial charge is 0.267 e. The zero-order valence-electron chi connectivity index (χ0n) is 25.5. The van der Waals surface area contributed by atoms with E-state index in [2.05, 4.69) is 36.7 Å². The van der Waals surface area contributed by atoms with Crippen molar-refractivity contribution in [3.05, 3.63) is 0 Å². The molecule has 0 spiro atoms. The second-order valence-electron chi connectivity index (χ2n) is 10.6. The van der Waals surface area contributed by atoms with Crippen molar-refractivity contribution in [3.63, 3.8) is 0 Å². The molecule has 0 unspecified atom stereocenters. The normalized spacial score (nSPS) is 12.0. The quantitative estimate of drug-likeness (QED) is 0.0791. The summed E-state index contributed by atoms with van der Waals surface area (Å²) < 4.78 is 19.6.